The number of methoxy groups -OCH3 is 1. The first kappa shape index (κ1) is 17.2. The highest BCUT2D eigenvalue weighted by molar-refractivity contribution is 7.98. The van der Waals surface area contributed by atoms with Crippen LogP contribution in [0.4, 0.5) is 5.69 Å². The Kier molecular flexibility index (Phi) is 5.20. The fourth-order valence-electron chi connectivity index (χ4n) is 2.28. The van der Waals surface area contributed by atoms with Crippen LogP contribution in [0.5, 0.6) is 5.75 Å². The minimum atomic E-state index is -0.200. The van der Waals surface area contributed by atoms with Crippen LogP contribution in [0.25, 0.3) is 10.9 Å². The van der Waals surface area contributed by atoms with Crippen LogP contribution in [-0.4, -0.2) is 28.1 Å². The molecule has 0 saturated carbocycles. The topological polar surface area (TPSA) is 68.2 Å². The molecule has 1 heterocycles. The van der Waals surface area contributed by atoms with Crippen LogP contribution in [0, 0.1) is 0 Å². The number of aromatic nitrogens is 2. The van der Waals surface area contributed by atoms with Crippen molar-refractivity contribution < 1.29 is 4.74 Å². The summed E-state index contributed by atoms with van der Waals surface area (Å²) in [6.07, 6.45) is 1.86. The van der Waals surface area contributed by atoms with Crippen LogP contribution in [0.15, 0.2) is 58.5 Å². The van der Waals surface area contributed by atoms with E-state index < -0.39 is 0 Å². The molecule has 6 nitrogen and oxygen atoms in total. The summed E-state index contributed by atoms with van der Waals surface area (Å²) in [5, 5.41) is 4.39. The molecule has 128 valence electrons. The third kappa shape index (κ3) is 3.75. The van der Waals surface area contributed by atoms with E-state index in [0.29, 0.717) is 21.2 Å². The van der Waals surface area contributed by atoms with Gasteiger partial charge in [0.15, 0.2) is 10.3 Å². The summed E-state index contributed by atoms with van der Waals surface area (Å²) in [5.41, 5.74) is 4.15. The van der Waals surface area contributed by atoms with E-state index in [2.05, 4.69) is 15.7 Å². The molecule has 2 N–H and O–H groups in total. The lowest BCUT2D eigenvalue weighted by Crippen LogP contribution is -2.37. The van der Waals surface area contributed by atoms with Gasteiger partial charge in [0.2, 0.25) is 0 Å². The Morgan fingerprint density at radius 3 is 2.60 bits per heavy atom. The van der Waals surface area contributed by atoms with E-state index in [1.165, 1.54) is 16.4 Å². The zero-order valence-corrected chi connectivity index (χ0v) is 15.3. The molecule has 0 amide bonds. The molecule has 0 saturated heterocycles. The van der Waals surface area contributed by atoms with Crippen molar-refractivity contribution in [2.45, 2.75) is 5.16 Å². The van der Waals surface area contributed by atoms with Crippen LogP contribution in [0.2, 0.25) is 0 Å². The molecule has 0 fully saturated rings. The quantitative estimate of drug-likeness (QED) is 0.414. The lowest BCUT2D eigenvalue weighted by molar-refractivity contribution is 0.415. The number of benzene rings is 2. The minimum Gasteiger partial charge on any atom is -0.497 e. The second kappa shape index (κ2) is 7.54. The van der Waals surface area contributed by atoms with Gasteiger partial charge in [-0.1, -0.05) is 23.9 Å². The van der Waals surface area contributed by atoms with Crippen molar-refractivity contribution in [3.8, 4) is 5.75 Å². The highest BCUT2D eigenvalue weighted by atomic mass is 32.2. The maximum atomic E-state index is 12.7. The zero-order valence-electron chi connectivity index (χ0n) is 13.6. The summed E-state index contributed by atoms with van der Waals surface area (Å²) in [7, 11) is 1.61. The monoisotopic (exact) mass is 372 g/mol. The molecule has 0 aliphatic carbocycles. The summed E-state index contributed by atoms with van der Waals surface area (Å²) in [4.78, 5) is 17.2. The number of para-hydroxylation sites is 1. The SMILES string of the molecule is COc1ccc(NC(=S)Nn2c(SC)nc3ccccc3c2=O)cc1. The molecule has 3 aromatic rings. The van der Waals surface area contributed by atoms with Crippen LogP contribution < -0.4 is 21.0 Å². The van der Waals surface area contributed by atoms with Gasteiger partial charge in [0.25, 0.3) is 5.56 Å². The zero-order chi connectivity index (χ0) is 17.8. The van der Waals surface area contributed by atoms with Crippen molar-refractivity contribution in [2.75, 3.05) is 24.1 Å². The highest BCUT2D eigenvalue weighted by Gasteiger charge is 2.11. The standard InChI is InChI=1S/C17H16N4O2S2/c1-23-12-9-7-11(8-10-12)18-16(24)20-21-15(22)13-5-3-4-6-14(13)19-17(21)25-2/h3-10H,1-2H3,(H2,18,20,24). The van der Waals surface area contributed by atoms with Crippen molar-refractivity contribution >= 4 is 45.7 Å². The Balaban J connectivity index is 1.87. The molecule has 1 aromatic heterocycles. The van der Waals surface area contributed by atoms with Gasteiger partial charge < -0.3 is 10.1 Å². The molecule has 25 heavy (non-hydrogen) atoms. The average Bonchev–Trinajstić information content (AvgIpc) is 2.64. The Labute approximate surface area is 154 Å². The average molecular weight is 372 g/mol. The normalized spacial score (nSPS) is 10.5. The lowest BCUT2D eigenvalue weighted by Gasteiger charge is -2.15. The number of thiocarbonyl (C=S) groups is 1. The van der Waals surface area contributed by atoms with Gasteiger partial charge in [-0.2, -0.15) is 4.68 Å². The number of ether oxygens (including phenoxy) is 1. The van der Waals surface area contributed by atoms with Gasteiger partial charge in [-0.3, -0.25) is 10.2 Å². The largest absolute Gasteiger partial charge is 0.497 e. The second-order valence-corrected chi connectivity index (χ2v) is 6.23. The van der Waals surface area contributed by atoms with E-state index in [-0.39, 0.29) is 5.56 Å². The van der Waals surface area contributed by atoms with E-state index in [1.807, 2.05) is 48.7 Å². The van der Waals surface area contributed by atoms with Crippen LogP contribution in [0.1, 0.15) is 0 Å². The third-order valence-corrected chi connectivity index (χ3v) is 4.32. The molecule has 0 aliphatic rings. The number of thioether (sulfide) groups is 1. The Hall–Kier alpha value is -2.58. The smallest absolute Gasteiger partial charge is 0.281 e. The molecule has 0 bridgehead atoms. The number of hydrogen-bond donors (Lipinski definition) is 2. The molecule has 0 atom stereocenters. The van der Waals surface area contributed by atoms with Gasteiger partial charge in [0.05, 0.1) is 18.0 Å². The summed E-state index contributed by atoms with van der Waals surface area (Å²) in [6.45, 7) is 0. The molecule has 2 aromatic carbocycles. The summed E-state index contributed by atoms with van der Waals surface area (Å²) < 4.78 is 6.48. The number of anilines is 1. The molecule has 0 radical (unpaired) electrons. The van der Waals surface area contributed by atoms with E-state index in [4.69, 9.17) is 17.0 Å². The van der Waals surface area contributed by atoms with Gasteiger partial charge in [0.1, 0.15) is 5.75 Å². The van der Waals surface area contributed by atoms with Gasteiger partial charge in [-0.15, -0.1) is 0 Å². The number of nitrogens with zero attached hydrogens (tertiary/aromatic N) is 2. The van der Waals surface area contributed by atoms with Gasteiger partial charge in [0, 0.05) is 5.69 Å². The number of nitrogens with one attached hydrogen (secondary N) is 2. The van der Waals surface area contributed by atoms with Gasteiger partial charge in [-0.25, -0.2) is 4.98 Å². The minimum absolute atomic E-state index is 0.200. The first-order chi connectivity index (χ1) is 12.1. The van der Waals surface area contributed by atoms with Crippen LogP contribution >= 0.6 is 24.0 Å². The number of fused-ring (bicyclic) bond motifs is 1. The lowest BCUT2D eigenvalue weighted by atomic mass is 10.2. The third-order valence-electron chi connectivity index (χ3n) is 3.49. The molecule has 0 spiro atoms. The Morgan fingerprint density at radius 2 is 1.92 bits per heavy atom. The highest BCUT2D eigenvalue weighted by Crippen LogP contribution is 2.16. The predicted molar refractivity (Wildman–Crippen MR) is 106 cm³/mol. The molecule has 3 rings (SSSR count). The summed E-state index contributed by atoms with van der Waals surface area (Å²) >= 11 is 6.68. The maximum Gasteiger partial charge on any atom is 0.281 e. The molecule has 0 aliphatic heterocycles. The second-order valence-electron chi connectivity index (χ2n) is 5.05. The first-order valence-electron chi connectivity index (χ1n) is 7.40. The molecule has 0 unspecified atom stereocenters. The first-order valence-corrected chi connectivity index (χ1v) is 9.03. The molecular weight excluding hydrogens is 356 g/mol. The van der Waals surface area contributed by atoms with Crippen molar-refractivity contribution in [3.63, 3.8) is 0 Å². The summed E-state index contributed by atoms with van der Waals surface area (Å²) in [5.74, 6) is 0.754. The maximum absolute atomic E-state index is 12.7. The van der Waals surface area contributed by atoms with Crippen molar-refractivity contribution in [1.82, 2.24) is 9.66 Å². The van der Waals surface area contributed by atoms with Gasteiger partial charge >= 0.3 is 0 Å². The fourth-order valence-corrected chi connectivity index (χ4v) is 2.99. The predicted octanol–water partition coefficient (Wildman–Crippen LogP) is 3.07. The molecule has 8 heteroatoms. The number of rotatable bonds is 4. The Bertz CT molecular complexity index is 971. The van der Waals surface area contributed by atoms with E-state index in [0.717, 1.165) is 11.4 Å². The summed E-state index contributed by atoms with van der Waals surface area (Å²) in [6, 6.07) is 14.5. The van der Waals surface area contributed by atoms with Gasteiger partial charge in [-0.05, 0) is 54.9 Å². The van der Waals surface area contributed by atoms with Crippen molar-refractivity contribution in [1.29, 1.82) is 0 Å². The van der Waals surface area contributed by atoms with Crippen molar-refractivity contribution in [2.24, 2.45) is 0 Å². The van der Waals surface area contributed by atoms with E-state index in [9.17, 15) is 4.79 Å². The number of hydrogen-bond acceptors (Lipinski definition) is 5. The fraction of sp³-hybridized carbons (Fsp3) is 0.118. The van der Waals surface area contributed by atoms with Crippen molar-refractivity contribution in [3.05, 3.63) is 58.9 Å². The van der Waals surface area contributed by atoms with Crippen LogP contribution in [-0.2, 0) is 0 Å². The van der Waals surface area contributed by atoms with E-state index >= 15 is 0 Å². The Morgan fingerprint density at radius 1 is 1.20 bits per heavy atom. The van der Waals surface area contributed by atoms with E-state index in [1.54, 1.807) is 13.2 Å². The van der Waals surface area contributed by atoms with Crippen LogP contribution in [0.3, 0.4) is 0 Å². The molecular formula is C17H16N4O2S2.